The third-order valence-corrected chi connectivity index (χ3v) is 4.38. The summed E-state index contributed by atoms with van der Waals surface area (Å²) in [5.41, 5.74) is 12.6. The summed E-state index contributed by atoms with van der Waals surface area (Å²) in [5, 5.41) is 8.84. The van der Waals surface area contributed by atoms with E-state index in [-0.39, 0.29) is 18.4 Å². The van der Waals surface area contributed by atoms with Crippen molar-refractivity contribution >= 4 is 5.97 Å². The summed E-state index contributed by atoms with van der Waals surface area (Å²) in [6.07, 6.45) is 3.55. The predicted molar refractivity (Wildman–Crippen MR) is 87.9 cm³/mol. The highest BCUT2D eigenvalue weighted by atomic mass is 16.7. The van der Waals surface area contributed by atoms with Crippen LogP contribution in [0.5, 0.6) is 0 Å². The van der Waals surface area contributed by atoms with Crippen LogP contribution in [0.15, 0.2) is 42.5 Å². The molecule has 7 nitrogen and oxygen atoms in total. The zero-order valence-corrected chi connectivity index (χ0v) is 13.8. The molecule has 1 aromatic rings. The lowest BCUT2D eigenvalue weighted by molar-refractivity contribution is -0.235. The molecule has 5 N–H and O–H groups in total. The molecule has 0 heterocycles. The number of rotatable bonds is 7. The van der Waals surface area contributed by atoms with E-state index in [1.165, 1.54) is 14.2 Å². The van der Waals surface area contributed by atoms with E-state index >= 15 is 0 Å². The van der Waals surface area contributed by atoms with Crippen LogP contribution in [0.2, 0.25) is 0 Å². The van der Waals surface area contributed by atoms with E-state index in [0.29, 0.717) is 0 Å². The van der Waals surface area contributed by atoms with Gasteiger partial charge >= 0.3 is 5.97 Å². The first-order valence-electron chi connectivity index (χ1n) is 7.60. The van der Waals surface area contributed by atoms with E-state index in [2.05, 4.69) is 0 Å². The van der Waals surface area contributed by atoms with E-state index in [0.717, 1.165) is 5.56 Å². The Morgan fingerprint density at radius 2 is 2.00 bits per heavy atom. The highest BCUT2D eigenvalue weighted by Crippen LogP contribution is 2.41. The normalized spacial score (nSPS) is 30.9. The van der Waals surface area contributed by atoms with Gasteiger partial charge in [0.15, 0.2) is 5.79 Å². The van der Waals surface area contributed by atoms with Gasteiger partial charge in [-0.05, 0) is 11.6 Å². The van der Waals surface area contributed by atoms with Gasteiger partial charge in [0.05, 0.1) is 0 Å². The summed E-state index contributed by atoms with van der Waals surface area (Å²) < 4.78 is 16.3. The van der Waals surface area contributed by atoms with Gasteiger partial charge in [0.25, 0.3) is 0 Å². The summed E-state index contributed by atoms with van der Waals surface area (Å²) >= 11 is 0. The molecule has 0 aliphatic heterocycles. The van der Waals surface area contributed by atoms with Crippen LogP contribution in [-0.2, 0) is 19.0 Å². The minimum Gasteiger partial charge on any atom is -0.480 e. The molecule has 0 aromatic heterocycles. The molecule has 0 fully saturated rings. The van der Waals surface area contributed by atoms with Crippen LogP contribution in [0, 0.1) is 5.92 Å². The Hall–Kier alpha value is -1.77. The first kappa shape index (κ1) is 18.6. The summed E-state index contributed by atoms with van der Waals surface area (Å²) in [4.78, 5) is 10.8. The fourth-order valence-corrected chi connectivity index (χ4v) is 2.97. The molecule has 0 spiro atoms. The Morgan fingerprint density at radius 1 is 1.33 bits per heavy atom. The van der Waals surface area contributed by atoms with Crippen molar-refractivity contribution in [3.05, 3.63) is 48.0 Å². The summed E-state index contributed by atoms with van der Waals surface area (Å²) in [5.74, 6) is -2.69. The number of carbonyl (C=O) groups is 1. The number of hydrogen-bond acceptors (Lipinski definition) is 6. The van der Waals surface area contributed by atoms with Crippen molar-refractivity contribution < 1.29 is 24.1 Å². The second kappa shape index (κ2) is 7.42. The minimum absolute atomic E-state index is 0.113. The number of hydrogen-bond donors (Lipinski definition) is 3. The summed E-state index contributed by atoms with van der Waals surface area (Å²) in [6, 6.07) is 9.18. The molecule has 4 atom stereocenters. The molecular formula is C17H24N2O5. The molecule has 132 valence electrons. The maximum absolute atomic E-state index is 10.8. The van der Waals surface area contributed by atoms with Crippen molar-refractivity contribution in [3.8, 4) is 0 Å². The van der Waals surface area contributed by atoms with Crippen LogP contribution in [0.25, 0.3) is 0 Å². The lowest BCUT2D eigenvalue weighted by atomic mass is 9.77. The van der Waals surface area contributed by atoms with Gasteiger partial charge in [-0.3, -0.25) is 0 Å². The smallest absolute Gasteiger partial charge is 0.329 e. The maximum Gasteiger partial charge on any atom is 0.329 e. The minimum atomic E-state index is -1.27. The number of benzene rings is 1. The molecule has 1 aliphatic carbocycles. The van der Waals surface area contributed by atoms with Gasteiger partial charge in [-0.1, -0.05) is 36.4 Å². The van der Waals surface area contributed by atoms with Crippen molar-refractivity contribution in [3.63, 3.8) is 0 Å². The maximum atomic E-state index is 10.8. The van der Waals surface area contributed by atoms with Crippen molar-refractivity contribution in [2.45, 2.75) is 24.0 Å². The molecule has 0 amide bonds. The monoisotopic (exact) mass is 336 g/mol. The van der Waals surface area contributed by atoms with Gasteiger partial charge in [0.2, 0.25) is 0 Å². The van der Waals surface area contributed by atoms with Gasteiger partial charge in [-0.15, -0.1) is 0 Å². The first-order chi connectivity index (χ1) is 11.4. The molecule has 0 bridgehead atoms. The van der Waals surface area contributed by atoms with E-state index in [4.69, 9.17) is 30.8 Å². The van der Waals surface area contributed by atoms with E-state index in [9.17, 15) is 4.79 Å². The molecule has 0 radical (unpaired) electrons. The molecule has 1 aromatic carbocycles. The molecular weight excluding hydrogens is 312 g/mol. The van der Waals surface area contributed by atoms with Gasteiger partial charge < -0.3 is 30.8 Å². The molecule has 0 saturated carbocycles. The van der Waals surface area contributed by atoms with Crippen molar-refractivity contribution in [2.24, 2.45) is 17.4 Å². The quantitative estimate of drug-likeness (QED) is 0.502. The van der Waals surface area contributed by atoms with E-state index < -0.39 is 24.1 Å². The Balaban J connectivity index is 2.30. The van der Waals surface area contributed by atoms with Crippen LogP contribution < -0.4 is 11.5 Å². The van der Waals surface area contributed by atoms with Crippen LogP contribution in [-0.4, -0.2) is 43.4 Å². The van der Waals surface area contributed by atoms with Crippen LogP contribution in [0.3, 0.4) is 0 Å². The number of carboxylic acid groups (broad SMARTS) is 1. The average molecular weight is 336 g/mol. The van der Waals surface area contributed by atoms with Crippen molar-refractivity contribution in [2.75, 3.05) is 20.8 Å². The zero-order valence-electron chi connectivity index (χ0n) is 13.8. The van der Waals surface area contributed by atoms with E-state index in [1.54, 1.807) is 12.2 Å². The SMILES string of the molecule is COC1(OCC(=O)O)C=CC(C(N)c2ccccc2)C(N)(OC)C1. The van der Waals surface area contributed by atoms with Crippen molar-refractivity contribution in [1.29, 1.82) is 0 Å². The Kier molecular flexibility index (Phi) is 5.74. The number of aliphatic carboxylic acids is 1. The van der Waals surface area contributed by atoms with Gasteiger partial charge in [-0.2, -0.15) is 0 Å². The van der Waals surface area contributed by atoms with Crippen LogP contribution in [0.1, 0.15) is 18.0 Å². The number of nitrogens with two attached hydrogens (primary N) is 2. The summed E-state index contributed by atoms with van der Waals surface area (Å²) in [7, 11) is 2.92. The average Bonchev–Trinajstić information content (AvgIpc) is 2.60. The molecule has 24 heavy (non-hydrogen) atoms. The van der Waals surface area contributed by atoms with Crippen molar-refractivity contribution in [1.82, 2.24) is 0 Å². The van der Waals surface area contributed by atoms with Crippen LogP contribution in [0.4, 0.5) is 0 Å². The third kappa shape index (κ3) is 3.82. The lowest BCUT2D eigenvalue weighted by Gasteiger charge is -2.46. The topological polar surface area (TPSA) is 117 Å². The predicted octanol–water partition coefficient (Wildman–Crippen LogP) is 1.01. The molecule has 2 rings (SSSR count). The standard InChI is InChI=1S/C17H24N2O5/c1-22-16(24-10-14(20)21)9-8-13(17(19,11-16)23-2)15(18)12-6-4-3-5-7-12/h3-9,13,15H,10-11,18-19H2,1-2H3,(H,20,21). The second-order valence-corrected chi connectivity index (χ2v) is 5.86. The largest absolute Gasteiger partial charge is 0.480 e. The Labute approximate surface area is 141 Å². The summed E-state index contributed by atoms with van der Waals surface area (Å²) in [6.45, 7) is -0.507. The number of methoxy groups -OCH3 is 2. The molecule has 0 saturated heterocycles. The zero-order chi connectivity index (χ0) is 17.8. The fourth-order valence-electron chi connectivity index (χ4n) is 2.97. The second-order valence-electron chi connectivity index (χ2n) is 5.86. The number of ether oxygens (including phenoxy) is 3. The Bertz CT molecular complexity index is 594. The highest BCUT2D eigenvalue weighted by molar-refractivity contribution is 5.68. The van der Waals surface area contributed by atoms with Crippen LogP contribution >= 0.6 is 0 Å². The molecule has 7 heteroatoms. The Morgan fingerprint density at radius 3 is 2.54 bits per heavy atom. The number of carboxylic acids is 1. The lowest BCUT2D eigenvalue weighted by Crippen LogP contribution is -2.59. The third-order valence-electron chi connectivity index (χ3n) is 4.38. The molecule has 1 aliphatic rings. The van der Waals surface area contributed by atoms with E-state index in [1.807, 2.05) is 30.3 Å². The van der Waals surface area contributed by atoms with Gasteiger partial charge in [0.1, 0.15) is 12.3 Å². The highest BCUT2D eigenvalue weighted by Gasteiger charge is 2.49. The van der Waals surface area contributed by atoms with Gasteiger partial charge in [0, 0.05) is 32.6 Å². The van der Waals surface area contributed by atoms with Gasteiger partial charge in [-0.25, -0.2) is 4.79 Å². The molecule has 4 unspecified atom stereocenters. The fraction of sp³-hybridized carbons (Fsp3) is 0.471. The first-order valence-corrected chi connectivity index (χ1v) is 7.60.